The van der Waals surface area contributed by atoms with E-state index in [0.29, 0.717) is 0 Å². The van der Waals surface area contributed by atoms with Crippen LogP contribution in [0.1, 0.15) is 0 Å². The zero-order chi connectivity index (χ0) is 23.1. The largest absolute Gasteiger partial charge is 0.508 e. The molecule has 0 radical (unpaired) electrons. The molecule has 0 aliphatic rings. The van der Waals surface area contributed by atoms with Crippen molar-refractivity contribution in [3.05, 3.63) is 40.6 Å². The molecule has 4 N–H and O–H groups in total. The first kappa shape index (κ1) is 22.2. The first-order valence-corrected chi connectivity index (χ1v) is 10.6. The molecule has 15 heteroatoms. The molecule has 0 fully saturated rings. The fraction of sp³-hybridized carbons (Fsp3) is 0.0625. The molecular weight excluding hydrogens is 464 g/mol. The van der Waals surface area contributed by atoms with Crippen molar-refractivity contribution >= 4 is 31.8 Å². The molecule has 13 nitrogen and oxygen atoms in total. The molecule has 0 bridgehead atoms. The molecule has 0 aliphatic heterocycles. The Bertz CT molecular complexity index is 1450. The SMILES string of the molecule is COc1cc(-c2oc3cc(O)cc(O)c3c(=O)c2OS(=O)(=O)O)ccc1OS(=O)(=O)O. The Balaban J connectivity index is 2.35. The monoisotopic (exact) mass is 476 g/mol. The fourth-order valence-electron chi connectivity index (χ4n) is 2.63. The third-order valence-electron chi connectivity index (χ3n) is 3.73. The van der Waals surface area contributed by atoms with E-state index in [9.17, 15) is 31.8 Å². The Hall–Kier alpha value is -3.53. The van der Waals surface area contributed by atoms with Crippen LogP contribution in [0, 0.1) is 0 Å². The quantitative estimate of drug-likeness (QED) is 0.370. The number of methoxy groups -OCH3 is 1. The van der Waals surface area contributed by atoms with Crippen molar-refractivity contribution in [2.45, 2.75) is 0 Å². The lowest BCUT2D eigenvalue weighted by Crippen LogP contribution is -2.15. The van der Waals surface area contributed by atoms with Crippen LogP contribution in [0.15, 0.2) is 39.5 Å². The summed E-state index contributed by atoms with van der Waals surface area (Å²) in [4.78, 5) is 12.8. The van der Waals surface area contributed by atoms with Gasteiger partial charge in [0.2, 0.25) is 11.2 Å². The van der Waals surface area contributed by atoms with E-state index in [1.54, 1.807) is 0 Å². The molecule has 1 aromatic heterocycles. The minimum Gasteiger partial charge on any atom is -0.508 e. The second-order valence-corrected chi connectivity index (χ2v) is 7.86. The van der Waals surface area contributed by atoms with E-state index in [4.69, 9.17) is 18.3 Å². The summed E-state index contributed by atoms with van der Waals surface area (Å²) in [6, 6.07) is 4.82. The van der Waals surface area contributed by atoms with E-state index < -0.39 is 60.4 Å². The van der Waals surface area contributed by atoms with Crippen molar-refractivity contribution < 1.29 is 53.7 Å². The standard InChI is InChI=1S/C16H12O13S2/c1-26-11-4-7(2-3-10(11)28-30(20,21)22)15-16(29-31(23,24)25)14(19)13-9(18)5-8(17)6-12(13)27-15/h2-6,17-18H,1H3,(H,20,21,22)(H,23,24,25). The molecule has 3 rings (SSSR count). The lowest BCUT2D eigenvalue weighted by atomic mass is 10.1. The summed E-state index contributed by atoms with van der Waals surface area (Å²) < 4.78 is 81.3. The molecule has 2 aromatic carbocycles. The molecule has 0 saturated carbocycles. The number of phenols is 2. The maximum absolute atomic E-state index is 12.8. The highest BCUT2D eigenvalue weighted by Gasteiger charge is 2.25. The first-order chi connectivity index (χ1) is 14.3. The van der Waals surface area contributed by atoms with Crippen LogP contribution in [0.2, 0.25) is 0 Å². The maximum atomic E-state index is 12.8. The average molecular weight is 476 g/mol. The lowest BCUT2D eigenvalue weighted by Gasteiger charge is -2.13. The zero-order valence-corrected chi connectivity index (χ0v) is 16.8. The van der Waals surface area contributed by atoms with Gasteiger partial charge in [-0.15, -0.1) is 0 Å². The minimum atomic E-state index is -5.23. The smallest absolute Gasteiger partial charge is 0.446 e. The average Bonchev–Trinajstić information content (AvgIpc) is 2.61. The Morgan fingerprint density at radius 2 is 1.55 bits per heavy atom. The highest BCUT2D eigenvalue weighted by atomic mass is 32.3. The number of aromatic hydroxyl groups is 2. The summed E-state index contributed by atoms with van der Waals surface area (Å²) in [6.07, 6.45) is 0. The predicted molar refractivity (Wildman–Crippen MR) is 102 cm³/mol. The summed E-state index contributed by atoms with van der Waals surface area (Å²) in [6.45, 7) is 0. The highest BCUT2D eigenvalue weighted by Crippen LogP contribution is 2.39. The van der Waals surface area contributed by atoms with Gasteiger partial charge in [0.15, 0.2) is 17.3 Å². The lowest BCUT2D eigenvalue weighted by molar-refractivity contribution is 0.360. The van der Waals surface area contributed by atoms with E-state index >= 15 is 0 Å². The van der Waals surface area contributed by atoms with E-state index in [2.05, 4.69) is 8.37 Å². The van der Waals surface area contributed by atoms with E-state index in [1.165, 1.54) is 0 Å². The van der Waals surface area contributed by atoms with Gasteiger partial charge in [-0.1, -0.05) is 0 Å². The Kier molecular flexibility index (Phi) is 5.45. The molecule has 0 aliphatic carbocycles. The highest BCUT2D eigenvalue weighted by molar-refractivity contribution is 7.81. The van der Waals surface area contributed by atoms with Crippen LogP contribution in [0.3, 0.4) is 0 Å². The van der Waals surface area contributed by atoms with Crippen molar-refractivity contribution in [2.24, 2.45) is 0 Å². The number of ether oxygens (including phenoxy) is 1. The Labute approximate surface area is 173 Å². The van der Waals surface area contributed by atoms with Crippen molar-refractivity contribution in [3.8, 4) is 40.1 Å². The molecule has 1 heterocycles. The summed E-state index contributed by atoms with van der Waals surface area (Å²) >= 11 is 0. The van der Waals surface area contributed by atoms with Gasteiger partial charge in [0.1, 0.15) is 22.5 Å². The third kappa shape index (κ3) is 4.80. The molecule has 3 aromatic rings. The zero-order valence-electron chi connectivity index (χ0n) is 15.2. The summed E-state index contributed by atoms with van der Waals surface area (Å²) in [5.74, 6) is -3.67. The van der Waals surface area contributed by atoms with E-state index in [0.717, 1.165) is 37.4 Å². The Morgan fingerprint density at radius 3 is 2.13 bits per heavy atom. The molecule has 0 atom stereocenters. The van der Waals surface area contributed by atoms with Gasteiger partial charge in [-0.05, 0) is 18.2 Å². The van der Waals surface area contributed by atoms with Gasteiger partial charge in [-0.25, -0.2) is 0 Å². The second-order valence-electron chi connectivity index (χ2n) is 5.82. The number of hydrogen-bond acceptors (Lipinski definition) is 11. The van der Waals surface area contributed by atoms with Crippen LogP contribution in [0.25, 0.3) is 22.3 Å². The molecule has 0 amide bonds. The van der Waals surface area contributed by atoms with Crippen molar-refractivity contribution in [2.75, 3.05) is 7.11 Å². The second kappa shape index (κ2) is 7.62. The number of benzene rings is 2. The normalized spacial score (nSPS) is 12.0. The van der Waals surface area contributed by atoms with Crippen LogP contribution in [0.4, 0.5) is 0 Å². The van der Waals surface area contributed by atoms with Gasteiger partial charge in [-0.2, -0.15) is 16.8 Å². The topological polar surface area (TPSA) is 207 Å². The van der Waals surface area contributed by atoms with Gasteiger partial charge in [-0.3, -0.25) is 13.9 Å². The van der Waals surface area contributed by atoms with Crippen LogP contribution in [-0.4, -0.2) is 43.3 Å². The summed E-state index contributed by atoms with van der Waals surface area (Å²) in [7, 11) is -9.03. The van der Waals surface area contributed by atoms with Crippen LogP contribution < -0.4 is 18.5 Å². The minimum absolute atomic E-state index is 0.139. The third-order valence-corrected chi connectivity index (χ3v) is 4.49. The fourth-order valence-corrected chi connectivity index (χ4v) is 3.36. The van der Waals surface area contributed by atoms with Gasteiger partial charge >= 0.3 is 20.8 Å². The van der Waals surface area contributed by atoms with Crippen LogP contribution in [0.5, 0.6) is 28.7 Å². The van der Waals surface area contributed by atoms with Gasteiger partial charge < -0.3 is 27.7 Å². The van der Waals surface area contributed by atoms with Gasteiger partial charge in [0.25, 0.3) is 0 Å². The number of rotatable bonds is 6. The summed E-state index contributed by atoms with van der Waals surface area (Å²) in [5, 5.41) is 19.0. The van der Waals surface area contributed by atoms with Gasteiger partial charge in [0.05, 0.1) is 7.11 Å². The molecule has 0 spiro atoms. The van der Waals surface area contributed by atoms with Crippen molar-refractivity contribution in [1.82, 2.24) is 0 Å². The predicted octanol–water partition coefficient (Wildman–Crippen LogP) is 1.24. The molecule has 0 saturated heterocycles. The number of phenolic OH excluding ortho intramolecular Hbond substituents is 2. The number of fused-ring (bicyclic) bond motifs is 1. The number of hydrogen-bond donors (Lipinski definition) is 4. The summed E-state index contributed by atoms with van der Waals surface area (Å²) in [5.41, 5.74) is -1.74. The molecular formula is C16H12O13S2. The first-order valence-electron chi connectivity index (χ1n) is 7.84. The van der Waals surface area contributed by atoms with Crippen molar-refractivity contribution in [1.29, 1.82) is 0 Å². The van der Waals surface area contributed by atoms with Crippen LogP contribution in [-0.2, 0) is 20.8 Å². The molecule has 0 unspecified atom stereocenters. The maximum Gasteiger partial charge on any atom is 0.446 e. The molecule has 166 valence electrons. The van der Waals surface area contributed by atoms with Crippen LogP contribution >= 0.6 is 0 Å². The van der Waals surface area contributed by atoms with E-state index in [1.807, 2.05) is 0 Å². The Morgan fingerprint density at radius 1 is 0.903 bits per heavy atom. The van der Waals surface area contributed by atoms with Crippen molar-refractivity contribution in [3.63, 3.8) is 0 Å². The van der Waals surface area contributed by atoms with Gasteiger partial charge in [0, 0.05) is 17.7 Å². The molecule has 31 heavy (non-hydrogen) atoms. The van der Waals surface area contributed by atoms with E-state index in [-0.39, 0.29) is 16.9 Å².